The van der Waals surface area contributed by atoms with Gasteiger partial charge in [-0.3, -0.25) is 0 Å². The first-order valence-corrected chi connectivity index (χ1v) is 9.21. The van der Waals surface area contributed by atoms with Gasteiger partial charge in [-0.25, -0.2) is 0 Å². The number of pyridine rings is 1. The number of nitrogens with zero attached hydrogens (tertiary/aromatic N) is 1. The molecule has 0 saturated carbocycles. The number of nitrogens with one attached hydrogen (secondary N) is 1. The smallest absolute Gasteiger partial charge is 0.214 e. The maximum Gasteiger partial charge on any atom is 0.214 e. The molecular formula is C20H21N2OS+. The van der Waals surface area contributed by atoms with E-state index in [0.717, 1.165) is 30.9 Å². The normalized spacial score (nSPS) is 12.4. The van der Waals surface area contributed by atoms with Gasteiger partial charge in [0, 0.05) is 17.0 Å². The fraction of sp³-hybridized carbons (Fsp3) is 0.250. The molecule has 0 fully saturated rings. The van der Waals surface area contributed by atoms with E-state index < -0.39 is 0 Å². The van der Waals surface area contributed by atoms with Crippen LogP contribution in [0, 0.1) is 0 Å². The lowest BCUT2D eigenvalue weighted by atomic mass is 10.1. The van der Waals surface area contributed by atoms with Crippen LogP contribution in [-0.4, -0.2) is 6.61 Å². The van der Waals surface area contributed by atoms with Gasteiger partial charge in [-0.05, 0) is 24.6 Å². The van der Waals surface area contributed by atoms with Gasteiger partial charge in [-0.1, -0.05) is 37.2 Å². The molecule has 122 valence electrons. The SMILES string of the molecule is CCCCOc1ccc2c(c1)Nc1c(c[n+](C)c3ccccc13)S2. The van der Waals surface area contributed by atoms with Gasteiger partial charge in [-0.2, -0.15) is 4.57 Å². The molecule has 1 aliphatic rings. The van der Waals surface area contributed by atoms with Crippen molar-refractivity contribution in [3.63, 3.8) is 0 Å². The monoisotopic (exact) mass is 337 g/mol. The lowest BCUT2D eigenvalue weighted by Crippen LogP contribution is -2.29. The minimum absolute atomic E-state index is 0.776. The van der Waals surface area contributed by atoms with Crippen molar-refractivity contribution in [3.8, 4) is 5.75 Å². The summed E-state index contributed by atoms with van der Waals surface area (Å²) in [5.41, 5.74) is 3.54. The summed E-state index contributed by atoms with van der Waals surface area (Å²) >= 11 is 1.81. The topological polar surface area (TPSA) is 25.1 Å². The summed E-state index contributed by atoms with van der Waals surface area (Å²) in [6.45, 7) is 2.95. The number of benzene rings is 2. The predicted octanol–water partition coefficient (Wildman–Crippen LogP) is 5.05. The van der Waals surface area contributed by atoms with Crippen molar-refractivity contribution in [2.45, 2.75) is 29.6 Å². The molecule has 0 atom stereocenters. The van der Waals surface area contributed by atoms with Gasteiger partial charge in [0.1, 0.15) is 17.7 Å². The molecule has 1 aromatic heterocycles. The molecule has 1 aliphatic heterocycles. The zero-order chi connectivity index (χ0) is 16.5. The molecule has 24 heavy (non-hydrogen) atoms. The quantitative estimate of drug-likeness (QED) is 0.417. The largest absolute Gasteiger partial charge is 0.494 e. The number of rotatable bonds is 4. The van der Waals surface area contributed by atoms with E-state index in [1.165, 1.54) is 26.4 Å². The minimum Gasteiger partial charge on any atom is -0.494 e. The summed E-state index contributed by atoms with van der Waals surface area (Å²) in [5, 5.41) is 4.87. The Morgan fingerprint density at radius 1 is 1.12 bits per heavy atom. The van der Waals surface area contributed by atoms with E-state index in [1.807, 2.05) is 11.8 Å². The highest BCUT2D eigenvalue weighted by molar-refractivity contribution is 7.99. The zero-order valence-corrected chi connectivity index (χ0v) is 14.8. The number of fused-ring (bicyclic) bond motifs is 4. The molecule has 0 amide bonds. The number of hydrogen-bond acceptors (Lipinski definition) is 3. The summed E-state index contributed by atoms with van der Waals surface area (Å²) in [6, 6.07) is 14.8. The first kappa shape index (κ1) is 15.3. The minimum atomic E-state index is 0.776. The summed E-state index contributed by atoms with van der Waals surface area (Å²) in [4.78, 5) is 2.49. The van der Waals surface area contributed by atoms with Crippen molar-refractivity contribution in [2.75, 3.05) is 11.9 Å². The molecule has 0 bridgehead atoms. The van der Waals surface area contributed by atoms with Gasteiger partial charge in [0.2, 0.25) is 5.52 Å². The van der Waals surface area contributed by atoms with Crippen LogP contribution in [-0.2, 0) is 7.05 Å². The molecule has 3 nitrogen and oxygen atoms in total. The van der Waals surface area contributed by atoms with E-state index >= 15 is 0 Å². The highest BCUT2D eigenvalue weighted by atomic mass is 32.2. The van der Waals surface area contributed by atoms with Crippen LogP contribution in [0.3, 0.4) is 0 Å². The Morgan fingerprint density at radius 3 is 2.88 bits per heavy atom. The number of aryl methyl sites for hydroxylation is 1. The molecule has 2 heterocycles. The second kappa shape index (κ2) is 6.36. The van der Waals surface area contributed by atoms with Gasteiger partial charge >= 0.3 is 0 Å². The third-order valence-corrected chi connectivity index (χ3v) is 5.41. The highest BCUT2D eigenvalue weighted by Crippen LogP contribution is 2.46. The number of unbranched alkanes of at least 4 members (excludes halogenated alkanes) is 1. The zero-order valence-electron chi connectivity index (χ0n) is 14.0. The Morgan fingerprint density at radius 2 is 2.00 bits per heavy atom. The molecule has 4 rings (SSSR count). The molecule has 1 N–H and O–H groups in total. The first-order valence-electron chi connectivity index (χ1n) is 8.39. The van der Waals surface area contributed by atoms with Gasteiger partial charge in [0.25, 0.3) is 0 Å². The third kappa shape index (κ3) is 2.71. The standard InChI is InChI=1S/C20H20N2OS/c1-3-4-11-23-14-9-10-18-16(12-14)21-20-15-7-5-6-8-17(15)22(2)13-19(20)24-18/h5-10,12-13H,3-4,11H2,1-2H3/p+1. The summed E-state index contributed by atoms with van der Waals surface area (Å²) in [5.74, 6) is 0.935. The fourth-order valence-electron chi connectivity index (χ4n) is 3.01. The van der Waals surface area contributed by atoms with Gasteiger partial charge in [-0.15, -0.1) is 0 Å². The maximum absolute atomic E-state index is 5.85. The van der Waals surface area contributed by atoms with Crippen LogP contribution < -0.4 is 14.6 Å². The van der Waals surface area contributed by atoms with E-state index in [4.69, 9.17) is 4.74 Å². The lowest BCUT2D eigenvalue weighted by molar-refractivity contribution is -0.646. The second-order valence-corrected chi connectivity index (χ2v) is 7.17. The summed E-state index contributed by atoms with van der Waals surface area (Å²) < 4.78 is 8.04. The number of anilines is 2. The first-order chi connectivity index (χ1) is 11.8. The Hall–Kier alpha value is -2.20. The van der Waals surface area contributed by atoms with Crippen molar-refractivity contribution in [1.82, 2.24) is 0 Å². The molecule has 0 unspecified atom stereocenters. The van der Waals surface area contributed by atoms with E-state index in [9.17, 15) is 0 Å². The Labute approximate surface area is 146 Å². The van der Waals surface area contributed by atoms with Crippen LogP contribution in [0.1, 0.15) is 19.8 Å². The van der Waals surface area contributed by atoms with Crippen LogP contribution >= 0.6 is 11.8 Å². The Kier molecular flexibility index (Phi) is 4.07. The van der Waals surface area contributed by atoms with Crippen LogP contribution in [0.5, 0.6) is 5.75 Å². The Bertz CT molecular complexity index is 908. The summed E-state index contributed by atoms with van der Waals surface area (Å²) in [6.07, 6.45) is 4.43. The highest BCUT2D eigenvalue weighted by Gasteiger charge is 2.23. The molecular weight excluding hydrogens is 316 g/mol. The van der Waals surface area contributed by atoms with Gasteiger partial charge in [0.05, 0.1) is 23.4 Å². The lowest BCUT2D eigenvalue weighted by Gasteiger charge is -2.21. The van der Waals surface area contributed by atoms with Crippen molar-refractivity contribution in [3.05, 3.63) is 48.7 Å². The average molecular weight is 337 g/mol. The van der Waals surface area contributed by atoms with E-state index in [2.05, 4.69) is 72.5 Å². The van der Waals surface area contributed by atoms with Crippen LogP contribution in [0.15, 0.2) is 58.5 Å². The predicted molar refractivity (Wildman–Crippen MR) is 99.4 cm³/mol. The number of aromatic nitrogens is 1. The van der Waals surface area contributed by atoms with Gasteiger partial charge < -0.3 is 10.1 Å². The number of hydrogen-bond donors (Lipinski definition) is 1. The van der Waals surface area contributed by atoms with Crippen molar-refractivity contribution in [1.29, 1.82) is 0 Å². The van der Waals surface area contributed by atoms with Crippen molar-refractivity contribution >= 4 is 34.0 Å². The molecule has 0 spiro atoms. The molecule has 4 heteroatoms. The molecule has 2 aromatic carbocycles. The Balaban J connectivity index is 1.72. The fourth-order valence-corrected chi connectivity index (χ4v) is 4.08. The van der Waals surface area contributed by atoms with Crippen molar-refractivity contribution in [2.24, 2.45) is 7.05 Å². The van der Waals surface area contributed by atoms with E-state index in [1.54, 1.807) is 0 Å². The molecule has 0 saturated heterocycles. The van der Waals surface area contributed by atoms with Crippen LogP contribution in [0.25, 0.3) is 10.9 Å². The summed E-state index contributed by atoms with van der Waals surface area (Å²) in [7, 11) is 2.10. The molecule has 0 aliphatic carbocycles. The second-order valence-electron chi connectivity index (χ2n) is 6.08. The van der Waals surface area contributed by atoms with Gasteiger partial charge in [0.15, 0.2) is 6.20 Å². The van der Waals surface area contributed by atoms with Crippen molar-refractivity contribution < 1.29 is 9.30 Å². The van der Waals surface area contributed by atoms with E-state index in [-0.39, 0.29) is 0 Å². The molecule has 0 radical (unpaired) electrons. The third-order valence-electron chi connectivity index (χ3n) is 4.31. The number of ether oxygens (including phenoxy) is 1. The maximum atomic E-state index is 5.85. The van der Waals surface area contributed by atoms with E-state index in [0.29, 0.717) is 0 Å². The van der Waals surface area contributed by atoms with Crippen LogP contribution in [0.4, 0.5) is 11.4 Å². The van der Waals surface area contributed by atoms with Crippen LogP contribution in [0.2, 0.25) is 0 Å². The average Bonchev–Trinajstić information content (AvgIpc) is 2.61. The number of para-hydroxylation sites is 1. The molecule has 3 aromatic rings.